The lowest BCUT2D eigenvalue weighted by Crippen LogP contribution is -2.36. The van der Waals surface area contributed by atoms with Gasteiger partial charge in [-0.25, -0.2) is 4.79 Å². The largest absolute Gasteiger partial charge is 0.417 e. The van der Waals surface area contributed by atoms with Gasteiger partial charge in [0.1, 0.15) is 0 Å². The lowest BCUT2D eigenvalue weighted by Gasteiger charge is -2.29. The topological polar surface area (TPSA) is 75.3 Å². The molecule has 5 nitrogen and oxygen atoms in total. The van der Waals surface area contributed by atoms with E-state index in [-0.39, 0.29) is 5.41 Å². The molecule has 2 aromatic rings. The van der Waals surface area contributed by atoms with E-state index in [9.17, 15) is 4.79 Å². The number of nitrogens with two attached hydrogens (primary N) is 1. The molecule has 104 valence electrons. The molecule has 0 bridgehead atoms. The molecule has 0 fully saturated rings. The lowest BCUT2D eigenvalue weighted by molar-refractivity contribution is 0.210. The fourth-order valence-electron chi connectivity index (χ4n) is 2.25. The van der Waals surface area contributed by atoms with Crippen molar-refractivity contribution in [2.75, 3.05) is 20.1 Å². The Morgan fingerprint density at radius 2 is 2.16 bits per heavy atom. The van der Waals surface area contributed by atoms with Crippen LogP contribution in [0.25, 0.3) is 11.1 Å². The number of fused-ring (bicyclic) bond motifs is 1. The molecule has 0 aliphatic heterocycles. The van der Waals surface area contributed by atoms with Gasteiger partial charge in [-0.1, -0.05) is 19.9 Å². The van der Waals surface area contributed by atoms with E-state index in [2.05, 4.69) is 30.8 Å². The molecule has 0 spiro atoms. The number of nitrogens with zero attached hydrogens (tertiary/aromatic N) is 1. The van der Waals surface area contributed by atoms with Crippen LogP contribution < -0.4 is 11.5 Å². The van der Waals surface area contributed by atoms with Crippen LogP contribution in [0.5, 0.6) is 0 Å². The van der Waals surface area contributed by atoms with Crippen LogP contribution in [-0.4, -0.2) is 30.0 Å². The highest BCUT2D eigenvalue weighted by molar-refractivity contribution is 5.72. The Morgan fingerprint density at radius 3 is 2.84 bits per heavy atom. The van der Waals surface area contributed by atoms with E-state index in [1.165, 1.54) is 0 Å². The predicted octanol–water partition coefficient (Wildman–Crippen LogP) is 1.54. The molecule has 0 aliphatic rings. The minimum atomic E-state index is -0.412. The summed E-state index contributed by atoms with van der Waals surface area (Å²) in [5.74, 6) is -0.412. The fraction of sp³-hybridized carbons (Fsp3) is 0.500. The Kier molecular flexibility index (Phi) is 3.78. The van der Waals surface area contributed by atoms with Crippen LogP contribution in [0.4, 0.5) is 0 Å². The second kappa shape index (κ2) is 5.19. The average molecular weight is 263 g/mol. The first kappa shape index (κ1) is 13.8. The Labute approximate surface area is 112 Å². The maximum absolute atomic E-state index is 11.1. The van der Waals surface area contributed by atoms with Crippen molar-refractivity contribution in [3.63, 3.8) is 0 Å². The van der Waals surface area contributed by atoms with Crippen LogP contribution in [0.3, 0.4) is 0 Å². The first-order valence-electron chi connectivity index (χ1n) is 6.40. The number of hydrogen-bond acceptors (Lipinski definition) is 4. The third-order valence-corrected chi connectivity index (χ3v) is 3.19. The number of aromatic nitrogens is 1. The second-order valence-corrected chi connectivity index (χ2v) is 5.89. The fourth-order valence-corrected chi connectivity index (χ4v) is 2.25. The molecule has 0 saturated heterocycles. The minimum absolute atomic E-state index is 0.0967. The zero-order valence-electron chi connectivity index (χ0n) is 11.7. The molecule has 2 rings (SSSR count). The van der Waals surface area contributed by atoms with Gasteiger partial charge in [0.15, 0.2) is 5.58 Å². The van der Waals surface area contributed by atoms with Crippen LogP contribution in [0.15, 0.2) is 27.4 Å². The standard InChI is InChI=1S/C14H21N3O2/c1-14(2,8-15)9-17(3)7-10-4-5-11-12(6-10)19-13(18)16-11/h4-6H,7-9,15H2,1-3H3,(H,16,18). The SMILES string of the molecule is CN(Cc1ccc2[nH]c(=O)oc2c1)CC(C)(C)CN. The first-order valence-corrected chi connectivity index (χ1v) is 6.40. The Morgan fingerprint density at radius 1 is 1.42 bits per heavy atom. The van der Waals surface area contributed by atoms with Gasteiger partial charge in [-0.15, -0.1) is 0 Å². The zero-order chi connectivity index (χ0) is 14.0. The molecule has 1 aromatic heterocycles. The summed E-state index contributed by atoms with van der Waals surface area (Å²) in [6.45, 7) is 6.67. The number of rotatable bonds is 5. The van der Waals surface area contributed by atoms with Gasteiger partial charge in [0.05, 0.1) is 5.52 Å². The molecule has 0 radical (unpaired) electrons. The highest BCUT2D eigenvalue weighted by Gasteiger charge is 2.18. The predicted molar refractivity (Wildman–Crippen MR) is 76.0 cm³/mol. The van der Waals surface area contributed by atoms with Crippen molar-refractivity contribution < 1.29 is 4.42 Å². The third-order valence-electron chi connectivity index (χ3n) is 3.19. The molecule has 19 heavy (non-hydrogen) atoms. The van der Waals surface area contributed by atoms with Crippen LogP contribution >= 0.6 is 0 Å². The van der Waals surface area contributed by atoms with E-state index in [1.54, 1.807) is 0 Å². The molecule has 5 heteroatoms. The van der Waals surface area contributed by atoms with E-state index in [0.29, 0.717) is 12.1 Å². The van der Waals surface area contributed by atoms with Gasteiger partial charge in [-0.05, 0) is 36.7 Å². The van der Waals surface area contributed by atoms with E-state index >= 15 is 0 Å². The summed E-state index contributed by atoms with van der Waals surface area (Å²) < 4.78 is 5.06. The summed E-state index contributed by atoms with van der Waals surface area (Å²) in [5, 5.41) is 0. The van der Waals surface area contributed by atoms with Gasteiger partial charge in [-0.2, -0.15) is 0 Å². The molecule has 0 aliphatic carbocycles. The molecule has 0 amide bonds. The van der Waals surface area contributed by atoms with E-state index < -0.39 is 5.76 Å². The normalized spacial score (nSPS) is 12.5. The molecule has 1 aromatic carbocycles. The smallest absolute Gasteiger partial charge is 0.408 e. The molecule has 0 atom stereocenters. The Hall–Kier alpha value is -1.59. The third kappa shape index (κ3) is 3.45. The van der Waals surface area contributed by atoms with Crippen molar-refractivity contribution in [2.24, 2.45) is 11.1 Å². The van der Waals surface area contributed by atoms with Gasteiger partial charge in [0.2, 0.25) is 0 Å². The molecular formula is C14H21N3O2. The van der Waals surface area contributed by atoms with Gasteiger partial charge in [0.25, 0.3) is 0 Å². The second-order valence-electron chi connectivity index (χ2n) is 5.89. The number of oxazole rings is 1. The average Bonchev–Trinajstić information content (AvgIpc) is 2.67. The van der Waals surface area contributed by atoms with Crippen molar-refractivity contribution >= 4 is 11.1 Å². The highest BCUT2D eigenvalue weighted by Crippen LogP contribution is 2.17. The number of hydrogen-bond donors (Lipinski definition) is 2. The summed E-state index contributed by atoms with van der Waals surface area (Å²) in [4.78, 5) is 16.0. The molecule has 0 saturated carbocycles. The summed E-state index contributed by atoms with van der Waals surface area (Å²) in [7, 11) is 2.06. The highest BCUT2D eigenvalue weighted by atomic mass is 16.4. The number of benzene rings is 1. The molecule has 1 heterocycles. The van der Waals surface area contributed by atoms with Crippen LogP contribution in [0, 0.1) is 5.41 Å². The monoisotopic (exact) mass is 263 g/mol. The summed E-state index contributed by atoms with van der Waals surface area (Å²) in [6.07, 6.45) is 0. The van der Waals surface area contributed by atoms with E-state index in [4.69, 9.17) is 10.2 Å². The maximum Gasteiger partial charge on any atom is 0.417 e. The van der Waals surface area contributed by atoms with Crippen molar-refractivity contribution in [1.82, 2.24) is 9.88 Å². The summed E-state index contributed by atoms with van der Waals surface area (Å²) >= 11 is 0. The Bertz CT molecular complexity index is 612. The van der Waals surface area contributed by atoms with Crippen molar-refractivity contribution in [2.45, 2.75) is 20.4 Å². The maximum atomic E-state index is 11.1. The number of aromatic amines is 1. The lowest BCUT2D eigenvalue weighted by atomic mass is 9.93. The molecular weight excluding hydrogens is 242 g/mol. The van der Waals surface area contributed by atoms with E-state index in [1.807, 2.05) is 18.2 Å². The van der Waals surface area contributed by atoms with E-state index in [0.717, 1.165) is 24.2 Å². The zero-order valence-corrected chi connectivity index (χ0v) is 11.7. The number of nitrogens with one attached hydrogen (secondary N) is 1. The Balaban J connectivity index is 2.10. The number of H-pyrrole nitrogens is 1. The summed E-state index contributed by atoms with van der Waals surface area (Å²) in [6, 6.07) is 5.77. The molecule has 3 N–H and O–H groups in total. The van der Waals surface area contributed by atoms with Gasteiger partial charge < -0.3 is 15.1 Å². The van der Waals surface area contributed by atoms with Gasteiger partial charge in [-0.3, -0.25) is 4.98 Å². The van der Waals surface area contributed by atoms with Crippen LogP contribution in [-0.2, 0) is 6.54 Å². The summed E-state index contributed by atoms with van der Waals surface area (Å²) in [5.41, 5.74) is 8.30. The van der Waals surface area contributed by atoms with Crippen LogP contribution in [0.1, 0.15) is 19.4 Å². The van der Waals surface area contributed by atoms with Gasteiger partial charge >= 0.3 is 5.76 Å². The quantitative estimate of drug-likeness (QED) is 0.858. The van der Waals surface area contributed by atoms with Crippen molar-refractivity contribution in [1.29, 1.82) is 0 Å². The first-order chi connectivity index (χ1) is 8.89. The van der Waals surface area contributed by atoms with Crippen LogP contribution in [0.2, 0.25) is 0 Å². The van der Waals surface area contributed by atoms with Gasteiger partial charge in [0, 0.05) is 13.1 Å². The van der Waals surface area contributed by atoms with Crippen molar-refractivity contribution in [3.05, 3.63) is 34.3 Å². The molecule has 0 unspecified atom stereocenters. The van der Waals surface area contributed by atoms with Crippen molar-refractivity contribution in [3.8, 4) is 0 Å². The minimum Gasteiger partial charge on any atom is -0.408 e.